The van der Waals surface area contributed by atoms with Crippen LogP contribution in [0.4, 0.5) is 0 Å². The molecule has 31 heteroatoms. The number of aliphatic hydroxyl groups excluding tert-OH is 15. The normalized spacial score (nSPS) is 54.8. The minimum absolute atomic E-state index is 0.0545. The van der Waals surface area contributed by atoms with Gasteiger partial charge in [0, 0.05) is 5.41 Å². The van der Waals surface area contributed by atoms with Crippen LogP contribution in [0.2, 0.25) is 0 Å². The van der Waals surface area contributed by atoms with Crippen LogP contribution in [-0.2, 0) is 71.2 Å². The lowest BCUT2D eigenvalue weighted by atomic mass is 9.33. The van der Waals surface area contributed by atoms with Gasteiger partial charge in [-0.2, -0.15) is 0 Å². The number of carbonyl (C=O) groups excluding carboxylic acids is 3. The lowest BCUT2D eigenvalue weighted by Crippen LogP contribution is -2.71. The summed E-state index contributed by atoms with van der Waals surface area (Å²) in [5.41, 5.74) is -7.04. The van der Waals surface area contributed by atoms with Gasteiger partial charge < -0.3 is 139 Å². The molecular weight excluding hydrogens is 1260 g/mol. The van der Waals surface area contributed by atoms with Crippen LogP contribution in [0.25, 0.3) is 0 Å². The van der Waals surface area contributed by atoms with Crippen molar-refractivity contribution in [2.75, 3.05) is 33.0 Å². The van der Waals surface area contributed by atoms with Gasteiger partial charge in [0.15, 0.2) is 37.4 Å². The van der Waals surface area contributed by atoms with Crippen LogP contribution in [-0.4, -0.2) is 298 Å². The third-order valence-electron chi connectivity index (χ3n) is 24.3. The van der Waals surface area contributed by atoms with Gasteiger partial charge in [-0.05, 0) is 105 Å². The summed E-state index contributed by atoms with van der Waals surface area (Å²) in [6, 6.07) is 0. The Morgan fingerprint density at radius 1 is 0.568 bits per heavy atom. The van der Waals surface area contributed by atoms with E-state index in [-0.39, 0.29) is 30.6 Å². The van der Waals surface area contributed by atoms with Crippen molar-refractivity contribution < 1.29 is 153 Å². The van der Waals surface area contributed by atoms with E-state index < -0.39 is 268 Å². The summed E-state index contributed by atoms with van der Waals surface area (Å²) < 4.78 is 72.1. The SMILES string of the molecule is C[C@@H]1O[C@H]2O[C@H]3[C@@H](OC[C@H](O)[C@@H]3O)OC(=O)[C@]34CCC(C)(C)C[C@H]3C3=CC[C@@H]5[C@@]6(C)C[C@H](O)[C@H](O[C@@H]7O[C@H](CO)[C@@H](O)[C@H](O)[C@H]7O[C@@H]7O[C@H](COC(=O)CC(C)(O)CC(=O)O[C@@H]1[C@@H](O[C@@H]1OC[C@H](O)[C@H](O)[C@H]1O)[C@H]2O)[C@@H](O)[C@H](O)[C@H]7O)[C@@](C)(CO)[C@@H]6CC[C@@]5(C)[C@]3(C)CC4O. The number of rotatable bonds is 4. The number of ether oxygens (including phenoxy) is 12. The first-order valence-corrected chi connectivity index (χ1v) is 33.3. The Hall–Kier alpha value is -2.85. The van der Waals surface area contributed by atoms with Crippen molar-refractivity contribution in [3.8, 4) is 0 Å². The summed E-state index contributed by atoms with van der Waals surface area (Å²) in [4.78, 5) is 43.1. The third kappa shape index (κ3) is 12.7. The predicted molar refractivity (Wildman–Crippen MR) is 314 cm³/mol. The maximum atomic E-state index is 15.7. The Kier molecular flexibility index (Phi) is 20.7. The second kappa shape index (κ2) is 26.8. The predicted octanol–water partition coefficient (Wildman–Crippen LogP) is -4.34. The van der Waals surface area contributed by atoms with Crippen molar-refractivity contribution >= 4 is 17.9 Å². The van der Waals surface area contributed by atoms with Gasteiger partial charge in [0.05, 0.1) is 69.3 Å². The summed E-state index contributed by atoms with van der Waals surface area (Å²) in [5, 5.41) is 183. The molecule has 12 bridgehead atoms. The van der Waals surface area contributed by atoms with Gasteiger partial charge in [0.2, 0.25) is 6.29 Å². The Labute approximate surface area is 549 Å². The van der Waals surface area contributed by atoms with E-state index >= 15 is 4.79 Å². The van der Waals surface area contributed by atoms with Crippen molar-refractivity contribution in [1.82, 2.24) is 0 Å². The van der Waals surface area contributed by atoms with Crippen LogP contribution in [0, 0.1) is 50.2 Å². The molecule has 95 heavy (non-hydrogen) atoms. The second-order valence-corrected chi connectivity index (χ2v) is 31.1. The summed E-state index contributed by atoms with van der Waals surface area (Å²) >= 11 is 0. The first-order chi connectivity index (χ1) is 44.4. The Morgan fingerprint density at radius 3 is 1.91 bits per heavy atom. The standard InChI is InChI=1S/C64H100O31/c1-25-47-48(91-52-44(79)38(73)29(68)21-85-52)46(81)54(87-25)92-49-39(74)30(69)22-86-55(49)95-57(82)64-14-13-58(2,3)15-27(64)26-9-10-34-60(5)16-28(67)51(61(6,24-66)33(60)11-12-62(34,7)63(26,8)17-35(64)70)94-56-50(43(78)40(75)31(20-65)88-56)93-53-45(80)42(77)41(76)32(89-53)23-84-36(71)18-59(4,83)19-37(72)90-47/h9,25,27-35,38-56,65-70,73-81,83H,10-24H2,1-8H3/t25-,27-,28-,29-,30-,31+,32+,33+,34+,35?,38-,39-,40+,41+,42-,43-,44+,45+,46+,47-,48-,49+,50+,51-,52-,53-,54-,55-,56-,59?,60-,61-,62+,63+,64+/m0/s1. The molecule has 542 valence electrons. The molecule has 14 rings (SSSR count). The minimum Gasteiger partial charge on any atom is -0.463 e. The van der Waals surface area contributed by atoms with Crippen molar-refractivity contribution in [2.45, 2.75) is 285 Å². The summed E-state index contributed by atoms with van der Waals surface area (Å²) in [5.74, 6) is -4.74. The van der Waals surface area contributed by atoms with Gasteiger partial charge >= 0.3 is 17.9 Å². The molecule has 9 aliphatic heterocycles. The van der Waals surface area contributed by atoms with Gasteiger partial charge in [-0.25, -0.2) is 0 Å². The van der Waals surface area contributed by atoms with E-state index in [0.717, 1.165) is 12.5 Å². The molecule has 1 spiro atoms. The van der Waals surface area contributed by atoms with E-state index in [9.17, 15) is 91.3 Å². The smallest absolute Gasteiger partial charge is 0.317 e. The Morgan fingerprint density at radius 2 is 1.22 bits per heavy atom. The van der Waals surface area contributed by atoms with E-state index in [2.05, 4.69) is 40.7 Å². The van der Waals surface area contributed by atoms with Gasteiger partial charge in [-0.1, -0.05) is 53.2 Å². The minimum atomic E-state index is -2.32. The summed E-state index contributed by atoms with van der Waals surface area (Å²) in [6.45, 7) is 11.1. The van der Waals surface area contributed by atoms with Crippen LogP contribution < -0.4 is 0 Å². The molecule has 0 aromatic rings. The zero-order chi connectivity index (χ0) is 69.4. The Balaban J connectivity index is 0.966. The average Bonchev–Trinajstić information content (AvgIpc) is 0.670. The Bertz CT molecular complexity index is 2790. The summed E-state index contributed by atoms with van der Waals surface area (Å²) in [7, 11) is 0. The van der Waals surface area contributed by atoms with Crippen LogP contribution >= 0.6 is 0 Å². The molecule has 4 saturated carbocycles. The maximum Gasteiger partial charge on any atom is 0.317 e. The van der Waals surface area contributed by atoms with E-state index in [4.69, 9.17) is 56.8 Å². The monoisotopic (exact) mass is 1360 g/mol. The molecule has 31 nitrogen and oxygen atoms in total. The van der Waals surface area contributed by atoms with Gasteiger partial charge in [0.25, 0.3) is 0 Å². The molecule has 0 aromatic carbocycles. The molecule has 0 amide bonds. The number of hydrogen-bond acceptors (Lipinski definition) is 31. The first kappa shape index (κ1) is 73.4. The highest BCUT2D eigenvalue weighted by Crippen LogP contribution is 2.76. The zero-order valence-corrected chi connectivity index (χ0v) is 54.7. The van der Waals surface area contributed by atoms with E-state index in [0.29, 0.717) is 32.1 Å². The highest BCUT2D eigenvalue weighted by atomic mass is 16.8. The quantitative estimate of drug-likeness (QED) is 0.0547. The maximum absolute atomic E-state index is 15.7. The number of allylic oxidation sites excluding steroid dienone is 2. The van der Waals surface area contributed by atoms with Crippen LogP contribution in [0.3, 0.4) is 0 Å². The molecule has 2 unspecified atom stereocenters. The van der Waals surface area contributed by atoms with E-state index in [1.165, 1.54) is 6.92 Å². The number of esters is 3. The molecule has 0 radical (unpaired) electrons. The van der Waals surface area contributed by atoms with Crippen LogP contribution in [0.15, 0.2) is 11.6 Å². The second-order valence-electron chi connectivity index (χ2n) is 31.1. The topological polar surface area (TPSA) is 486 Å². The lowest BCUT2D eigenvalue weighted by Gasteiger charge is -2.72. The van der Waals surface area contributed by atoms with Crippen LogP contribution in [0.5, 0.6) is 0 Å². The van der Waals surface area contributed by atoms with Crippen molar-refractivity contribution in [1.29, 1.82) is 0 Å². The molecule has 5 aliphatic carbocycles. The molecule has 14 aliphatic rings. The molecule has 16 N–H and O–H groups in total. The fraction of sp³-hybridized carbons (Fsp3) is 0.922. The first-order valence-electron chi connectivity index (χ1n) is 33.3. The average molecular weight is 1370 g/mol. The molecule has 9 heterocycles. The largest absolute Gasteiger partial charge is 0.463 e. The molecule has 0 aromatic heterocycles. The molecule has 11 fully saturated rings. The fourth-order valence-electron chi connectivity index (χ4n) is 18.8. The molecular formula is C64H100O31. The lowest BCUT2D eigenvalue weighted by molar-refractivity contribution is -0.384. The highest BCUT2D eigenvalue weighted by Gasteiger charge is 2.73. The van der Waals surface area contributed by atoms with Gasteiger partial charge in [-0.15, -0.1) is 0 Å². The molecule has 7 saturated heterocycles. The number of aliphatic hydroxyl groups is 16. The van der Waals surface area contributed by atoms with E-state index in [1.807, 2.05) is 0 Å². The van der Waals surface area contributed by atoms with Crippen molar-refractivity contribution in [2.24, 2.45) is 50.2 Å². The van der Waals surface area contributed by atoms with Gasteiger partial charge in [-0.3, -0.25) is 14.4 Å². The molecule has 35 atom stereocenters. The number of hydrogen-bond donors (Lipinski definition) is 16. The van der Waals surface area contributed by atoms with Gasteiger partial charge in [0.1, 0.15) is 104 Å². The van der Waals surface area contributed by atoms with E-state index in [1.54, 1.807) is 6.92 Å². The summed E-state index contributed by atoms with van der Waals surface area (Å²) in [6.07, 6.45) is -44.3. The number of carbonyl (C=O) groups is 3. The van der Waals surface area contributed by atoms with Crippen molar-refractivity contribution in [3.63, 3.8) is 0 Å². The van der Waals surface area contributed by atoms with Crippen molar-refractivity contribution in [3.05, 3.63) is 11.6 Å². The fourth-order valence-corrected chi connectivity index (χ4v) is 18.8. The highest BCUT2D eigenvalue weighted by molar-refractivity contribution is 5.80. The van der Waals surface area contributed by atoms with Crippen LogP contribution in [0.1, 0.15) is 120 Å². The zero-order valence-electron chi connectivity index (χ0n) is 54.7. The third-order valence-corrected chi connectivity index (χ3v) is 24.3.